The van der Waals surface area contributed by atoms with Crippen molar-refractivity contribution >= 4 is 10.9 Å². The van der Waals surface area contributed by atoms with E-state index in [4.69, 9.17) is 5.73 Å². The molecule has 78 valence electrons. The van der Waals surface area contributed by atoms with Crippen LogP contribution in [0.2, 0.25) is 0 Å². The van der Waals surface area contributed by atoms with E-state index in [1.807, 2.05) is 0 Å². The molecule has 2 unspecified atom stereocenters. The minimum Gasteiger partial charge on any atom is -0.350 e. The summed E-state index contributed by atoms with van der Waals surface area (Å²) in [7, 11) is 2.11. The summed E-state index contributed by atoms with van der Waals surface area (Å²) in [5.74, 6) is 0.592. The number of hydrogen-bond donors (Lipinski definition) is 1. The van der Waals surface area contributed by atoms with Crippen molar-refractivity contribution in [3.63, 3.8) is 0 Å². The van der Waals surface area contributed by atoms with Crippen LogP contribution in [0.5, 0.6) is 0 Å². The Morgan fingerprint density at radius 1 is 1.40 bits per heavy atom. The molecular weight excluding hydrogens is 184 g/mol. The van der Waals surface area contributed by atoms with E-state index in [0.29, 0.717) is 12.0 Å². The molecule has 0 amide bonds. The van der Waals surface area contributed by atoms with Gasteiger partial charge in [0.1, 0.15) is 0 Å². The van der Waals surface area contributed by atoms with E-state index in [1.165, 1.54) is 22.0 Å². The third kappa shape index (κ3) is 1.21. The number of aryl methyl sites for hydroxylation is 2. The first-order valence-electron chi connectivity index (χ1n) is 5.48. The van der Waals surface area contributed by atoms with E-state index in [2.05, 4.69) is 42.9 Å². The zero-order valence-electron chi connectivity index (χ0n) is 9.20. The first kappa shape index (κ1) is 8.98. The van der Waals surface area contributed by atoms with Gasteiger partial charge in [0.25, 0.3) is 0 Å². The van der Waals surface area contributed by atoms with Crippen LogP contribution in [0, 0.1) is 6.92 Å². The second kappa shape index (κ2) is 2.86. The van der Waals surface area contributed by atoms with Crippen LogP contribution in [0.25, 0.3) is 10.9 Å². The molecule has 0 spiro atoms. The first-order valence-corrected chi connectivity index (χ1v) is 5.48. The molecule has 1 fully saturated rings. The van der Waals surface area contributed by atoms with Crippen molar-refractivity contribution in [2.75, 3.05) is 0 Å². The number of nitrogens with zero attached hydrogens (tertiary/aromatic N) is 1. The molecule has 2 nitrogen and oxygen atoms in total. The smallest absolute Gasteiger partial charge is 0.0483 e. The summed E-state index contributed by atoms with van der Waals surface area (Å²) < 4.78 is 2.21. The molecule has 2 atom stereocenters. The molecule has 1 aromatic carbocycles. The molecule has 1 saturated carbocycles. The van der Waals surface area contributed by atoms with Crippen LogP contribution in [0.1, 0.15) is 23.5 Å². The SMILES string of the molecule is Cc1cccc2c1c(C1CC1N)cn2C. The molecule has 3 rings (SSSR count). The second-order valence-corrected chi connectivity index (χ2v) is 4.67. The fourth-order valence-electron chi connectivity index (χ4n) is 2.52. The van der Waals surface area contributed by atoms with Gasteiger partial charge in [-0.25, -0.2) is 0 Å². The average Bonchev–Trinajstić information content (AvgIpc) is 2.82. The van der Waals surface area contributed by atoms with Gasteiger partial charge in [-0.15, -0.1) is 0 Å². The Morgan fingerprint density at radius 2 is 2.13 bits per heavy atom. The Kier molecular flexibility index (Phi) is 1.71. The summed E-state index contributed by atoms with van der Waals surface area (Å²) in [4.78, 5) is 0. The fraction of sp³-hybridized carbons (Fsp3) is 0.385. The molecular formula is C13H16N2. The van der Waals surface area contributed by atoms with E-state index >= 15 is 0 Å². The number of benzene rings is 1. The number of aromatic nitrogens is 1. The van der Waals surface area contributed by atoms with Gasteiger partial charge in [0, 0.05) is 36.1 Å². The highest BCUT2D eigenvalue weighted by Gasteiger charge is 2.37. The Morgan fingerprint density at radius 3 is 2.80 bits per heavy atom. The van der Waals surface area contributed by atoms with Gasteiger partial charge in [-0.1, -0.05) is 12.1 Å². The maximum atomic E-state index is 5.94. The summed E-state index contributed by atoms with van der Waals surface area (Å²) in [5, 5.41) is 1.41. The quantitative estimate of drug-likeness (QED) is 0.752. The van der Waals surface area contributed by atoms with Gasteiger partial charge in [-0.2, -0.15) is 0 Å². The number of nitrogens with two attached hydrogens (primary N) is 1. The summed E-state index contributed by atoms with van der Waals surface area (Å²) in [6.07, 6.45) is 3.39. The highest BCUT2D eigenvalue weighted by Crippen LogP contribution is 2.43. The van der Waals surface area contributed by atoms with Crippen molar-refractivity contribution in [1.29, 1.82) is 0 Å². The van der Waals surface area contributed by atoms with Gasteiger partial charge in [0.15, 0.2) is 0 Å². The molecule has 1 heterocycles. The largest absolute Gasteiger partial charge is 0.350 e. The second-order valence-electron chi connectivity index (χ2n) is 4.67. The first-order chi connectivity index (χ1) is 7.18. The standard InChI is InChI=1S/C13H16N2/c1-8-4-3-5-12-13(8)10(7-15(12)2)9-6-11(9)14/h3-5,7,9,11H,6,14H2,1-2H3. The van der Waals surface area contributed by atoms with Crippen LogP contribution < -0.4 is 5.73 Å². The molecule has 2 N–H and O–H groups in total. The van der Waals surface area contributed by atoms with Gasteiger partial charge < -0.3 is 10.3 Å². The lowest BCUT2D eigenvalue weighted by Gasteiger charge is -2.00. The molecule has 1 aliphatic carbocycles. The van der Waals surface area contributed by atoms with Crippen LogP contribution in [0.4, 0.5) is 0 Å². The summed E-state index contributed by atoms with van der Waals surface area (Å²) >= 11 is 0. The van der Waals surface area contributed by atoms with Crippen molar-refractivity contribution in [2.45, 2.75) is 25.3 Å². The molecule has 15 heavy (non-hydrogen) atoms. The minimum atomic E-state index is 0.384. The Bertz CT molecular complexity index is 525. The van der Waals surface area contributed by atoms with Crippen molar-refractivity contribution in [2.24, 2.45) is 12.8 Å². The minimum absolute atomic E-state index is 0.384. The molecule has 1 aliphatic rings. The molecule has 0 radical (unpaired) electrons. The lowest BCUT2D eigenvalue weighted by atomic mass is 10.0. The van der Waals surface area contributed by atoms with E-state index < -0.39 is 0 Å². The van der Waals surface area contributed by atoms with Crippen LogP contribution in [-0.4, -0.2) is 10.6 Å². The summed E-state index contributed by atoms with van der Waals surface area (Å²) in [6, 6.07) is 6.86. The van der Waals surface area contributed by atoms with Crippen LogP contribution >= 0.6 is 0 Å². The fourth-order valence-corrected chi connectivity index (χ4v) is 2.52. The monoisotopic (exact) mass is 200 g/mol. The van der Waals surface area contributed by atoms with Gasteiger partial charge in [-0.05, 0) is 30.5 Å². The Labute approximate surface area is 89.7 Å². The average molecular weight is 200 g/mol. The van der Waals surface area contributed by atoms with E-state index in [1.54, 1.807) is 0 Å². The third-order valence-electron chi connectivity index (χ3n) is 3.49. The zero-order valence-corrected chi connectivity index (χ0v) is 9.20. The van der Waals surface area contributed by atoms with Crippen molar-refractivity contribution in [1.82, 2.24) is 4.57 Å². The van der Waals surface area contributed by atoms with E-state index in [-0.39, 0.29) is 0 Å². The number of fused-ring (bicyclic) bond motifs is 1. The topological polar surface area (TPSA) is 30.9 Å². The molecule has 2 aromatic rings. The van der Waals surface area contributed by atoms with Crippen LogP contribution in [-0.2, 0) is 7.05 Å². The van der Waals surface area contributed by atoms with E-state index in [9.17, 15) is 0 Å². The normalized spacial score (nSPS) is 24.7. The number of rotatable bonds is 1. The third-order valence-corrected chi connectivity index (χ3v) is 3.49. The van der Waals surface area contributed by atoms with Gasteiger partial charge >= 0.3 is 0 Å². The van der Waals surface area contributed by atoms with E-state index in [0.717, 1.165) is 6.42 Å². The Hall–Kier alpha value is -1.28. The molecule has 0 saturated heterocycles. The molecule has 2 heteroatoms. The van der Waals surface area contributed by atoms with Crippen LogP contribution in [0.3, 0.4) is 0 Å². The Balaban J connectivity index is 2.30. The maximum absolute atomic E-state index is 5.94. The summed E-state index contributed by atoms with van der Waals surface area (Å²) in [5.41, 5.74) is 10.1. The molecule has 0 bridgehead atoms. The van der Waals surface area contributed by atoms with Gasteiger partial charge in [0.2, 0.25) is 0 Å². The van der Waals surface area contributed by atoms with Crippen molar-refractivity contribution < 1.29 is 0 Å². The highest BCUT2D eigenvalue weighted by atomic mass is 14.9. The van der Waals surface area contributed by atoms with Gasteiger partial charge in [-0.3, -0.25) is 0 Å². The zero-order chi connectivity index (χ0) is 10.6. The van der Waals surface area contributed by atoms with Crippen molar-refractivity contribution in [3.05, 3.63) is 35.5 Å². The molecule has 0 aliphatic heterocycles. The van der Waals surface area contributed by atoms with Gasteiger partial charge in [0.05, 0.1) is 0 Å². The number of hydrogen-bond acceptors (Lipinski definition) is 1. The summed E-state index contributed by atoms with van der Waals surface area (Å²) in [6.45, 7) is 2.18. The van der Waals surface area contributed by atoms with Crippen molar-refractivity contribution in [3.8, 4) is 0 Å². The predicted molar refractivity (Wildman–Crippen MR) is 63.0 cm³/mol. The molecule has 1 aromatic heterocycles. The van der Waals surface area contributed by atoms with Crippen LogP contribution in [0.15, 0.2) is 24.4 Å². The lowest BCUT2D eigenvalue weighted by molar-refractivity contribution is 0.938. The predicted octanol–water partition coefficient (Wildman–Crippen LogP) is 2.30. The lowest BCUT2D eigenvalue weighted by Crippen LogP contribution is -2.00. The maximum Gasteiger partial charge on any atom is 0.0483 e. The highest BCUT2D eigenvalue weighted by molar-refractivity contribution is 5.88.